The highest BCUT2D eigenvalue weighted by Crippen LogP contribution is 2.62. The summed E-state index contributed by atoms with van der Waals surface area (Å²) in [6.07, 6.45) is 8.41. The average Bonchev–Trinajstić information content (AvgIpc) is 3.68. The fraction of sp³-hybridized carbons (Fsp3) is 0.781. The second kappa shape index (κ2) is 10.3. The van der Waals surface area contributed by atoms with E-state index >= 15 is 0 Å². The molecule has 214 valence electrons. The molecular formula is C32H46FN3O3. The molecule has 0 spiro atoms. The van der Waals surface area contributed by atoms with Gasteiger partial charge in [-0.15, -0.1) is 0 Å². The number of likely N-dealkylation sites (tertiary alicyclic amines) is 2. The molecule has 5 fully saturated rings. The summed E-state index contributed by atoms with van der Waals surface area (Å²) < 4.78 is 13.9. The van der Waals surface area contributed by atoms with Crippen LogP contribution in [0.1, 0.15) is 57.4 Å². The molecule has 9 unspecified atom stereocenters. The van der Waals surface area contributed by atoms with E-state index < -0.39 is 6.23 Å². The molecule has 7 rings (SSSR count). The molecule has 0 radical (unpaired) electrons. The predicted molar refractivity (Wildman–Crippen MR) is 148 cm³/mol. The van der Waals surface area contributed by atoms with Gasteiger partial charge in [0.15, 0.2) is 0 Å². The minimum absolute atomic E-state index is 0.0149. The Labute approximate surface area is 232 Å². The smallest absolute Gasteiger partial charge is 0.228 e. The molecule has 6 aliphatic rings. The lowest BCUT2D eigenvalue weighted by molar-refractivity contribution is -0.138. The number of carbonyl (C=O) groups is 1. The van der Waals surface area contributed by atoms with Gasteiger partial charge >= 0.3 is 0 Å². The van der Waals surface area contributed by atoms with Gasteiger partial charge in [-0.05, 0) is 91.7 Å². The Hall–Kier alpha value is -1.70. The van der Waals surface area contributed by atoms with E-state index in [-0.39, 0.29) is 42.0 Å². The Morgan fingerprint density at radius 1 is 1.00 bits per heavy atom. The van der Waals surface area contributed by atoms with E-state index in [0.717, 1.165) is 64.0 Å². The summed E-state index contributed by atoms with van der Waals surface area (Å²) in [6, 6.07) is 5.75. The van der Waals surface area contributed by atoms with E-state index in [9.17, 15) is 19.4 Å². The van der Waals surface area contributed by atoms with Gasteiger partial charge in [-0.25, -0.2) is 4.39 Å². The Bertz CT molecular complexity index is 1080. The highest BCUT2D eigenvalue weighted by molar-refractivity contribution is 5.83. The van der Waals surface area contributed by atoms with E-state index in [4.69, 9.17) is 0 Å². The Morgan fingerprint density at radius 3 is 2.49 bits per heavy atom. The Morgan fingerprint density at radius 2 is 1.74 bits per heavy atom. The van der Waals surface area contributed by atoms with Crippen molar-refractivity contribution in [3.63, 3.8) is 0 Å². The van der Waals surface area contributed by atoms with Gasteiger partial charge in [-0.1, -0.05) is 25.8 Å². The second-order valence-corrected chi connectivity index (χ2v) is 13.8. The van der Waals surface area contributed by atoms with Crippen LogP contribution in [0.3, 0.4) is 0 Å². The lowest BCUT2D eigenvalue weighted by Gasteiger charge is -2.42. The first-order valence-corrected chi connectivity index (χ1v) is 15.8. The van der Waals surface area contributed by atoms with Crippen LogP contribution in [0, 0.1) is 53.2 Å². The van der Waals surface area contributed by atoms with Crippen molar-refractivity contribution < 1.29 is 19.4 Å². The predicted octanol–water partition coefficient (Wildman–Crippen LogP) is 3.75. The van der Waals surface area contributed by atoms with Crippen LogP contribution in [0.15, 0.2) is 18.2 Å². The fourth-order valence-corrected chi connectivity index (χ4v) is 10.2. The summed E-state index contributed by atoms with van der Waals surface area (Å²) in [6.45, 7) is 7.31. The van der Waals surface area contributed by atoms with Crippen LogP contribution >= 0.6 is 0 Å². The highest BCUT2D eigenvalue weighted by atomic mass is 19.1. The zero-order chi connectivity index (χ0) is 26.8. The van der Waals surface area contributed by atoms with Crippen LogP contribution in [-0.2, 0) is 11.2 Å². The molecule has 0 aromatic heterocycles. The first-order valence-electron chi connectivity index (χ1n) is 15.8. The molecule has 7 heteroatoms. The topological polar surface area (TPSA) is 67.2 Å². The number of hydrogen-bond acceptors (Lipinski definition) is 5. The van der Waals surface area contributed by atoms with E-state index in [1.807, 2.05) is 11.0 Å². The number of anilines is 1. The van der Waals surface area contributed by atoms with Crippen LogP contribution in [0.5, 0.6) is 0 Å². The molecule has 3 aliphatic carbocycles. The number of carbonyl (C=O) groups excluding carboxylic acids is 1. The van der Waals surface area contributed by atoms with Gasteiger partial charge in [0.2, 0.25) is 5.91 Å². The number of hydrogen-bond donors (Lipinski definition) is 2. The summed E-state index contributed by atoms with van der Waals surface area (Å²) in [4.78, 5) is 20.6. The number of piperidine rings is 1. The van der Waals surface area contributed by atoms with E-state index in [1.165, 1.54) is 24.8 Å². The first kappa shape index (κ1) is 26.2. The number of aliphatic hydroxyl groups is 2. The van der Waals surface area contributed by atoms with Gasteiger partial charge in [-0.3, -0.25) is 4.79 Å². The van der Waals surface area contributed by atoms with Crippen molar-refractivity contribution in [2.45, 2.75) is 70.6 Å². The summed E-state index contributed by atoms with van der Waals surface area (Å²) in [5, 5.41) is 21.4. The number of fused-ring (bicyclic) bond motifs is 6. The largest absolute Gasteiger partial charge is 0.396 e. The zero-order valence-electron chi connectivity index (χ0n) is 23.4. The maximum Gasteiger partial charge on any atom is 0.228 e. The maximum absolute atomic E-state index is 13.9. The molecule has 2 bridgehead atoms. The second-order valence-electron chi connectivity index (χ2n) is 13.8. The number of amides is 1. The van der Waals surface area contributed by atoms with Crippen molar-refractivity contribution in [3.05, 3.63) is 29.6 Å². The lowest BCUT2D eigenvalue weighted by Crippen LogP contribution is -2.48. The highest BCUT2D eigenvalue weighted by Gasteiger charge is 2.65. The molecule has 9 atom stereocenters. The monoisotopic (exact) mass is 539 g/mol. The zero-order valence-corrected chi connectivity index (χ0v) is 23.4. The van der Waals surface area contributed by atoms with Gasteiger partial charge in [0, 0.05) is 62.9 Å². The van der Waals surface area contributed by atoms with E-state index in [0.29, 0.717) is 36.3 Å². The summed E-state index contributed by atoms with van der Waals surface area (Å²) in [5.74, 6) is 2.27. The summed E-state index contributed by atoms with van der Waals surface area (Å²) in [5.41, 5.74) is 2.38. The molecule has 3 saturated carbocycles. The van der Waals surface area contributed by atoms with Crippen LogP contribution < -0.4 is 4.90 Å². The molecule has 1 aromatic rings. The Balaban J connectivity index is 0.970. The van der Waals surface area contributed by atoms with Gasteiger partial charge in [0.25, 0.3) is 0 Å². The Kier molecular flexibility index (Phi) is 6.92. The van der Waals surface area contributed by atoms with Crippen molar-refractivity contribution in [3.8, 4) is 0 Å². The van der Waals surface area contributed by atoms with Crippen LogP contribution in [0.2, 0.25) is 0 Å². The normalized spacial score (nSPS) is 40.5. The van der Waals surface area contributed by atoms with Crippen molar-refractivity contribution >= 4 is 11.6 Å². The molecule has 1 amide bonds. The molecule has 3 aliphatic heterocycles. The third-order valence-electron chi connectivity index (χ3n) is 12.2. The quantitative estimate of drug-likeness (QED) is 0.577. The van der Waals surface area contributed by atoms with Crippen molar-refractivity contribution in [1.29, 1.82) is 0 Å². The van der Waals surface area contributed by atoms with Gasteiger partial charge in [0.05, 0.1) is 0 Å². The van der Waals surface area contributed by atoms with Crippen LogP contribution in [-0.4, -0.2) is 77.5 Å². The molecule has 2 N–H and O–H groups in total. The minimum atomic E-state index is -0.675. The molecule has 2 saturated heterocycles. The van der Waals surface area contributed by atoms with Crippen LogP contribution in [0.25, 0.3) is 0 Å². The minimum Gasteiger partial charge on any atom is -0.396 e. The lowest BCUT2D eigenvalue weighted by atomic mass is 9.70. The molecule has 39 heavy (non-hydrogen) atoms. The number of halogens is 1. The van der Waals surface area contributed by atoms with Crippen LogP contribution in [0.4, 0.5) is 10.1 Å². The van der Waals surface area contributed by atoms with Crippen molar-refractivity contribution in [2.24, 2.45) is 47.3 Å². The maximum atomic E-state index is 13.9. The number of benzene rings is 1. The molecule has 6 nitrogen and oxygen atoms in total. The number of nitrogens with zero attached hydrogens (tertiary/aromatic N) is 3. The van der Waals surface area contributed by atoms with Gasteiger partial charge in [-0.2, -0.15) is 0 Å². The summed E-state index contributed by atoms with van der Waals surface area (Å²) >= 11 is 0. The third-order valence-corrected chi connectivity index (χ3v) is 12.2. The van der Waals surface area contributed by atoms with Gasteiger partial charge in [0.1, 0.15) is 12.0 Å². The molecular weight excluding hydrogens is 493 g/mol. The standard InChI is InChI=1S/C32H46FN3O3/c1-19-25-15-26(27(19)18-37)30-29(25)31(38)36(32(30)39)17-22-5-3-2-4-21(22)16-34-11-9-24(10-12-34)35-13-8-20-6-7-23(33)14-28(20)35/h6-7,14,19,21-22,24-27,29-30,32,37,39H,2-5,8-13,15-18H2,1H3. The average molecular weight is 540 g/mol. The number of aliphatic hydroxyl groups excluding tert-OH is 2. The van der Waals surface area contributed by atoms with E-state index in [1.54, 1.807) is 12.1 Å². The third kappa shape index (κ3) is 4.33. The summed E-state index contributed by atoms with van der Waals surface area (Å²) in [7, 11) is 0. The fourth-order valence-electron chi connectivity index (χ4n) is 10.2. The van der Waals surface area contributed by atoms with E-state index in [2.05, 4.69) is 16.7 Å². The van der Waals surface area contributed by atoms with Crippen molar-refractivity contribution in [1.82, 2.24) is 9.80 Å². The van der Waals surface area contributed by atoms with Gasteiger partial charge < -0.3 is 24.9 Å². The van der Waals surface area contributed by atoms with Crippen molar-refractivity contribution in [2.75, 3.05) is 44.2 Å². The molecule has 1 aromatic carbocycles. The SMILES string of the molecule is CC1C(CO)C2CC1C1C(=O)N(CC3CCCCC3CN3CCC(N4CCc5ccc(F)cc54)CC3)C(O)C21. The molecule has 3 heterocycles. The first-order chi connectivity index (χ1) is 18.9. The number of rotatable bonds is 6.